The molecule has 1 heterocycles. The maximum absolute atomic E-state index is 10.9. The van der Waals surface area contributed by atoms with Crippen LogP contribution >= 0.6 is 0 Å². The molecule has 0 aromatic heterocycles. The number of benzene rings is 2. The fourth-order valence-corrected chi connectivity index (χ4v) is 3.46. The molecule has 2 unspecified atom stereocenters. The lowest BCUT2D eigenvalue weighted by Gasteiger charge is -2.36. The number of aliphatic hydroxyl groups is 1. The van der Waals surface area contributed by atoms with Crippen LogP contribution in [0, 0.1) is 0 Å². The molecule has 4 rings (SSSR count). The maximum Gasteiger partial charge on any atom is 0.157 e. The topological polar surface area (TPSA) is 90.2 Å². The molecule has 2 aromatic carbocycles. The van der Waals surface area contributed by atoms with Crippen molar-refractivity contribution in [3.8, 4) is 23.0 Å². The Morgan fingerprint density at radius 1 is 1.05 bits per heavy atom. The van der Waals surface area contributed by atoms with Crippen LogP contribution < -0.4 is 4.74 Å². The molecule has 116 valence electrons. The summed E-state index contributed by atoms with van der Waals surface area (Å²) in [5.41, 5.74) is 1.24. The van der Waals surface area contributed by atoms with Gasteiger partial charge in [-0.2, -0.15) is 0 Å². The zero-order valence-corrected chi connectivity index (χ0v) is 11.1. The predicted molar refractivity (Wildman–Crippen MR) is 82.3 cm³/mol. The summed E-state index contributed by atoms with van der Waals surface area (Å²) in [6.07, 6.45) is 0.348. The molecule has 0 spiro atoms. The molecule has 2 atom stereocenters. The van der Waals surface area contributed by atoms with Gasteiger partial charge in [0.2, 0.25) is 0 Å². The number of phenols is 3. The molecule has 2 aliphatic rings. The minimum atomic E-state index is -1.10. The second kappa shape index (κ2) is 3.83. The van der Waals surface area contributed by atoms with E-state index in [1.807, 2.05) is 0 Å². The van der Waals surface area contributed by atoms with Crippen LogP contribution in [0.1, 0.15) is 28.3 Å². The van der Waals surface area contributed by atoms with Crippen LogP contribution in [0.25, 0.3) is 0 Å². The zero-order valence-electron chi connectivity index (χ0n) is 11.1. The predicted octanol–water partition coefficient (Wildman–Crippen LogP) is 2.60. The summed E-state index contributed by atoms with van der Waals surface area (Å²) in [7, 11) is 0. The summed E-state index contributed by atoms with van der Waals surface area (Å²) < 4.78 is 5.58. The Kier molecular flexibility index (Phi) is 2.25. The van der Waals surface area contributed by atoms with Crippen LogP contribution in [0.5, 0.6) is 23.0 Å². The Morgan fingerprint density at radius 2 is 1.81 bits per heavy atom. The van der Waals surface area contributed by atoms with Crippen LogP contribution in [0.15, 0.2) is 30.3 Å². The van der Waals surface area contributed by atoms with Crippen LogP contribution in [0.3, 0.4) is 0 Å². The molecule has 5 heteroatoms. The molecule has 0 fully saturated rings. The van der Waals surface area contributed by atoms with Crippen molar-refractivity contribution in [2.45, 2.75) is 17.9 Å². The monoisotopic (exact) mass is 294 g/mol. The summed E-state index contributed by atoms with van der Waals surface area (Å²) in [6.45, 7) is 0.102. The van der Waals surface area contributed by atoms with E-state index in [2.05, 4.69) is 0 Å². The molecule has 5 nitrogen and oxygen atoms in total. The van der Waals surface area contributed by atoms with E-state index in [-0.39, 0.29) is 35.5 Å². The fraction of sp³-hybridized carbons (Fsp3) is 0.250. The highest BCUT2D eigenvalue weighted by atomic mass is 16.5. The Balaban J connectivity index is 0.00000144. The van der Waals surface area contributed by atoms with Gasteiger partial charge in [-0.3, -0.25) is 0 Å². The number of aromatic hydroxyl groups is 3. The van der Waals surface area contributed by atoms with Crippen molar-refractivity contribution in [1.82, 2.24) is 0 Å². The SMILES string of the molecule is Oc1ccc2c(c1)OCC1(O)Cc3cc(O)c(O)cc3C21.[HH].[HH].[HH].[HH]. The third-order valence-corrected chi connectivity index (χ3v) is 4.37. The van der Waals surface area contributed by atoms with E-state index in [1.165, 1.54) is 18.2 Å². The van der Waals surface area contributed by atoms with Gasteiger partial charge in [0, 0.05) is 29.7 Å². The fourth-order valence-electron chi connectivity index (χ4n) is 3.46. The maximum atomic E-state index is 10.9. The van der Waals surface area contributed by atoms with E-state index in [0.717, 1.165) is 16.7 Å². The van der Waals surface area contributed by atoms with Gasteiger partial charge in [-0.25, -0.2) is 0 Å². The van der Waals surface area contributed by atoms with E-state index in [9.17, 15) is 20.4 Å². The van der Waals surface area contributed by atoms with Crippen molar-refractivity contribution >= 4 is 0 Å². The standard InChI is InChI=1S/C16H14O5.4H2/c17-9-1-2-10-14(4-9)21-7-16(20)6-8-3-12(18)13(19)5-11(8)15(10)16;;;;/h1-5,15,17-20H,6-7H2;4*1H. The molecular weight excluding hydrogens is 272 g/mol. The average molecular weight is 294 g/mol. The Bertz CT molecular complexity index is 770. The highest BCUT2D eigenvalue weighted by Gasteiger charge is 2.50. The first kappa shape index (κ1) is 12.3. The van der Waals surface area contributed by atoms with Gasteiger partial charge < -0.3 is 25.2 Å². The van der Waals surface area contributed by atoms with Crippen molar-refractivity contribution in [2.75, 3.05) is 6.61 Å². The highest BCUT2D eigenvalue weighted by Crippen LogP contribution is 2.52. The average Bonchev–Trinajstić information content (AvgIpc) is 2.71. The van der Waals surface area contributed by atoms with Gasteiger partial charge in [0.25, 0.3) is 0 Å². The lowest BCUT2D eigenvalue weighted by atomic mass is 9.80. The number of hydrogen-bond donors (Lipinski definition) is 4. The van der Waals surface area contributed by atoms with Crippen LogP contribution in [0.2, 0.25) is 0 Å². The van der Waals surface area contributed by atoms with E-state index < -0.39 is 5.60 Å². The zero-order chi connectivity index (χ0) is 14.8. The largest absolute Gasteiger partial charge is 0.508 e. The highest BCUT2D eigenvalue weighted by molar-refractivity contribution is 5.58. The molecule has 1 aliphatic carbocycles. The van der Waals surface area contributed by atoms with E-state index in [1.54, 1.807) is 12.1 Å². The minimum absolute atomic E-state index is 0. The normalized spacial score (nSPS) is 25.7. The summed E-state index contributed by atoms with van der Waals surface area (Å²) in [4.78, 5) is 0. The third-order valence-electron chi connectivity index (χ3n) is 4.37. The first-order valence-corrected chi connectivity index (χ1v) is 6.71. The van der Waals surface area contributed by atoms with E-state index in [4.69, 9.17) is 4.74 Å². The van der Waals surface area contributed by atoms with Crippen molar-refractivity contribution in [2.24, 2.45) is 0 Å². The van der Waals surface area contributed by atoms with Crippen molar-refractivity contribution < 1.29 is 30.9 Å². The summed E-state index contributed by atoms with van der Waals surface area (Å²) in [5, 5.41) is 39.8. The Hall–Kier alpha value is -2.40. The molecule has 4 N–H and O–H groups in total. The first-order chi connectivity index (χ1) is 9.98. The lowest BCUT2D eigenvalue weighted by molar-refractivity contribution is -0.0218. The molecular formula is C16H22O5. The first-order valence-electron chi connectivity index (χ1n) is 6.71. The third kappa shape index (κ3) is 1.61. The van der Waals surface area contributed by atoms with Gasteiger partial charge in [-0.1, -0.05) is 6.07 Å². The molecule has 0 radical (unpaired) electrons. The Morgan fingerprint density at radius 3 is 2.62 bits per heavy atom. The second-order valence-corrected chi connectivity index (χ2v) is 5.76. The van der Waals surface area contributed by atoms with Crippen LogP contribution in [-0.4, -0.2) is 32.6 Å². The number of hydrogen-bond acceptors (Lipinski definition) is 5. The molecule has 0 saturated heterocycles. The Labute approximate surface area is 126 Å². The van der Waals surface area contributed by atoms with Gasteiger partial charge in [0.05, 0.1) is 0 Å². The van der Waals surface area contributed by atoms with E-state index in [0.29, 0.717) is 12.2 Å². The summed E-state index contributed by atoms with van der Waals surface area (Å²) in [5.74, 6) is -0.105. The van der Waals surface area contributed by atoms with Gasteiger partial charge in [0.15, 0.2) is 11.5 Å². The molecule has 0 amide bonds. The van der Waals surface area contributed by atoms with Gasteiger partial charge in [-0.15, -0.1) is 0 Å². The minimum Gasteiger partial charge on any atom is -0.508 e. The van der Waals surface area contributed by atoms with Crippen LogP contribution in [0.4, 0.5) is 0 Å². The van der Waals surface area contributed by atoms with Gasteiger partial charge >= 0.3 is 0 Å². The second-order valence-electron chi connectivity index (χ2n) is 5.76. The van der Waals surface area contributed by atoms with Crippen molar-refractivity contribution in [1.29, 1.82) is 0 Å². The van der Waals surface area contributed by atoms with Gasteiger partial charge in [-0.05, 0) is 29.3 Å². The van der Waals surface area contributed by atoms with Crippen molar-refractivity contribution in [3.05, 3.63) is 47.0 Å². The molecule has 1 aliphatic heterocycles. The number of phenolic OH excluding ortho intramolecular Hbond substituents is 3. The van der Waals surface area contributed by atoms with E-state index >= 15 is 0 Å². The molecule has 0 saturated carbocycles. The van der Waals surface area contributed by atoms with Crippen LogP contribution in [-0.2, 0) is 6.42 Å². The smallest absolute Gasteiger partial charge is 0.157 e. The number of rotatable bonds is 0. The molecule has 0 bridgehead atoms. The lowest BCUT2D eigenvalue weighted by Crippen LogP contribution is -2.43. The molecule has 2 aromatic rings. The number of ether oxygens (including phenoxy) is 1. The van der Waals surface area contributed by atoms with Crippen molar-refractivity contribution in [3.63, 3.8) is 0 Å². The number of fused-ring (bicyclic) bond motifs is 5. The molecule has 21 heavy (non-hydrogen) atoms. The van der Waals surface area contributed by atoms with Gasteiger partial charge in [0.1, 0.15) is 23.7 Å². The summed E-state index contributed by atoms with van der Waals surface area (Å²) in [6, 6.07) is 7.77. The quantitative estimate of drug-likeness (QED) is 0.561. The summed E-state index contributed by atoms with van der Waals surface area (Å²) >= 11 is 0.